The molecule has 9 nitrogen and oxygen atoms in total. The molecule has 42 heavy (non-hydrogen) atoms. The van der Waals surface area contributed by atoms with Crippen LogP contribution in [0, 0.1) is 23.1 Å². The van der Waals surface area contributed by atoms with Crippen LogP contribution in [0.5, 0.6) is 0 Å². The predicted octanol–water partition coefficient (Wildman–Crippen LogP) is 6.05. The SMILES string of the molecule is COC(=O)Nc1ccc2c(c1)NC(=O)[C@H](C)CCC[C@H](N1CCC(c3c(F)cccc3C#N)=CC1=O)c1cc-2ccn1. The summed E-state index contributed by atoms with van der Waals surface area (Å²) in [5.41, 5.74) is 4.05. The van der Waals surface area contributed by atoms with Crippen molar-refractivity contribution in [2.24, 2.45) is 5.92 Å². The van der Waals surface area contributed by atoms with Crippen LogP contribution in [-0.2, 0) is 14.3 Å². The fourth-order valence-corrected chi connectivity index (χ4v) is 5.52. The number of hydrogen-bond donors (Lipinski definition) is 2. The molecule has 2 bridgehead atoms. The molecule has 0 unspecified atom stereocenters. The lowest BCUT2D eigenvalue weighted by Crippen LogP contribution is -2.38. The zero-order valence-corrected chi connectivity index (χ0v) is 23.3. The van der Waals surface area contributed by atoms with Gasteiger partial charge in [0.2, 0.25) is 11.8 Å². The molecule has 0 fully saturated rings. The number of aromatic nitrogens is 1. The molecule has 0 spiro atoms. The number of carbonyl (C=O) groups excluding carboxylic acids is 3. The fraction of sp³-hybridized carbons (Fsp3) is 0.281. The van der Waals surface area contributed by atoms with E-state index < -0.39 is 11.9 Å². The van der Waals surface area contributed by atoms with Crippen molar-refractivity contribution in [3.8, 4) is 17.2 Å². The molecule has 214 valence electrons. The van der Waals surface area contributed by atoms with E-state index in [1.807, 2.05) is 25.1 Å². The van der Waals surface area contributed by atoms with Gasteiger partial charge in [-0.3, -0.25) is 19.9 Å². The summed E-state index contributed by atoms with van der Waals surface area (Å²) >= 11 is 0. The van der Waals surface area contributed by atoms with Crippen LogP contribution in [0.4, 0.5) is 20.6 Å². The lowest BCUT2D eigenvalue weighted by molar-refractivity contribution is -0.129. The van der Waals surface area contributed by atoms with Gasteiger partial charge in [0.15, 0.2) is 0 Å². The summed E-state index contributed by atoms with van der Waals surface area (Å²) in [4.78, 5) is 44.8. The quantitative estimate of drug-likeness (QED) is 0.397. The molecule has 0 aliphatic carbocycles. The van der Waals surface area contributed by atoms with Crippen LogP contribution >= 0.6 is 0 Å². The van der Waals surface area contributed by atoms with Gasteiger partial charge >= 0.3 is 6.09 Å². The van der Waals surface area contributed by atoms with Crippen molar-refractivity contribution >= 4 is 34.9 Å². The average Bonchev–Trinajstić information content (AvgIpc) is 2.99. The Morgan fingerprint density at radius 3 is 2.79 bits per heavy atom. The highest BCUT2D eigenvalue weighted by Gasteiger charge is 2.31. The number of anilines is 2. The molecule has 1 aromatic heterocycles. The number of methoxy groups -OCH3 is 1. The van der Waals surface area contributed by atoms with Gasteiger partial charge in [-0.2, -0.15) is 5.26 Å². The minimum absolute atomic E-state index is 0.155. The summed E-state index contributed by atoms with van der Waals surface area (Å²) in [6, 6.07) is 14.9. The second-order valence-electron chi connectivity index (χ2n) is 10.4. The number of nitrogens with zero attached hydrogens (tertiary/aromatic N) is 3. The van der Waals surface area contributed by atoms with Gasteiger partial charge < -0.3 is 15.0 Å². The summed E-state index contributed by atoms with van der Waals surface area (Å²) in [5.74, 6) is -1.27. The lowest BCUT2D eigenvalue weighted by Gasteiger charge is -2.34. The van der Waals surface area contributed by atoms with Gasteiger partial charge in [-0.25, -0.2) is 9.18 Å². The number of nitrogens with one attached hydrogen (secondary N) is 2. The minimum atomic E-state index is -0.626. The molecule has 2 N–H and O–H groups in total. The van der Waals surface area contributed by atoms with Crippen molar-refractivity contribution in [2.75, 3.05) is 24.3 Å². The Bertz CT molecular complexity index is 1630. The normalized spacial score (nSPS) is 18.8. The standard InChI is InChI=1S/C32H30FN5O4/c1-19-5-3-8-28(38-14-12-21(16-29(38)39)30-22(18-34)6-4-7-25(30)33)27-15-20(11-13-35-27)24-10-9-23(36-32(41)42-2)17-26(24)37-31(19)40/h4,6-7,9-11,13,15-17,19,28H,3,5,8,12,14H2,1-2H3,(H,36,41)(H,37,40)/t19-,28+/m1/s1. The number of pyridine rings is 1. The summed E-state index contributed by atoms with van der Waals surface area (Å²) in [6.45, 7) is 2.18. The number of ether oxygens (including phenoxy) is 1. The molecule has 3 amide bonds. The number of carbonyl (C=O) groups is 3. The molecule has 2 aliphatic rings. The molecule has 2 atom stereocenters. The number of hydrogen-bond acceptors (Lipinski definition) is 6. The number of amides is 3. The van der Waals surface area contributed by atoms with Gasteiger partial charge in [-0.15, -0.1) is 0 Å². The third kappa shape index (κ3) is 5.86. The monoisotopic (exact) mass is 567 g/mol. The number of nitriles is 1. The van der Waals surface area contributed by atoms with Crippen LogP contribution in [0.15, 0.2) is 60.8 Å². The maximum Gasteiger partial charge on any atom is 0.411 e. The van der Waals surface area contributed by atoms with Crippen molar-refractivity contribution in [1.29, 1.82) is 5.26 Å². The summed E-state index contributed by atoms with van der Waals surface area (Å²) < 4.78 is 19.4. The molecule has 2 aromatic carbocycles. The predicted molar refractivity (Wildman–Crippen MR) is 156 cm³/mol. The van der Waals surface area contributed by atoms with E-state index in [-0.39, 0.29) is 34.9 Å². The van der Waals surface area contributed by atoms with Crippen LogP contribution in [0.3, 0.4) is 0 Å². The molecule has 0 radical (unpaired) electrons. The molecular weight excluding hydrogens is 537 g/mol. The third-order valence-corrected chi connectivity index (χ3v) is 7.74. The molecule has 3 aromatic rings. The Labute approximate surface area is 243 Å². The van der Waals surface area contributed by atoms with Crippen LogP contribution < -0.4 is 10.6 Å². The van der Waals surface area contributed by atoms with Crippen LogP contribution in [0.25, 0.3) is 16.7 Å². The minimum Gasteiger partial charge on any atom is -0.453 e. The number of rotatable bonds is 3. The molecular formula is C32H30FN5O4. The Hall–Kier alpha value is -5.04. The Balaban J connectivity index is 1.52. The lowest BCUT2D eigenvalue weighted by atomic mass is 9.91. The van der Waals surface area contributed by atoms with E-state index in [0.29, 0.717) is 54.9 Å². The van der Waals surface area contributed by atoms with E-state index in [9.17, 15) is 24.0 Å². The van der Waals surface area contributed by atoms with Gasteiger partial charge in [0.05, 0.1) is 36.2 Å². The molecule has 5 rings (SSSR count). The smallest absolute Gasteiger partial charge is 0.411 e. The first kappa shape index (κ1) is 28.5. The Morgan fingerprint density at radius 1 is 1.19 bits per heavy atom. The number of halogens is 1. The first-order chi connectivity index (χ1) is 20.3. The van der Waals surface area contributed by atoms with Crippen molar-refractivity contribution in [2.45, 2.75) is 38.6 Å². The Kier molecular flexibility index (Phi) is 8.29. The van der Waals surface area contributed by atoms with Crippen LogP contribution in [-0.4, -0.2) is 41.4 Å². The molecule has 2 aliphatic heterocycles. The van der Waals surface area contributed by atoms with Crippen molar-refractivity contribution in [3.05, 3.63) is 83.4 Å². The van der Waals surface area contributed by atoms with Gasteiger partial charge in [-0.1, -0.05) is 25.5 Å². The van der Waals surface area contributed by atoms with E-state index in [0.717, 1.165) is 11.1 Å². The summed E-state index contributed by atoms with van der Waals surface area (Å²) in [5, 5.41) is 15.1. The highest BCUT2D eigenvalue weighted by Crippen LogP contribution is 2.37. The van der Waals surface area contributed by atoms with E-state index >= 15 is 0 Å². The largest absolute Gasteiger partial charge is 0.453 e. The summed E-state index contributed by atoms with van der Waals surface area (Å²) in [6.07, 6.45) is 4.68. The molecule has 3 heterocycles. The van der Waals surface area contributed by atoms with Crippen LogP contribution in [0.2, 0.25) is 0 Å². The van der Waals surface area contributed by atoms with Crippen molar-refractivity contribution < 1.29 is 23.5 Å². The fourth-order valence-electron chi connectivity index (χ4n) is 5.52. The van der Waals surface area contributed by atoms with E-state index in [1.165, 1.54) is 25.3 Å². The number of fused-ring (bicyclic) bond motifs is 4. The third-order valence-electron chi connectivity index (χ3n) is 7.74. The zero-order chi connectivity index (χ0) is 29.8. The van der Waals surface area contributed by atoms with Gasteiger partial charge in [0.25, 0.3) is 0 Å². The molecule has 0 saturated carbocycles. The summed E-state index contributed by atoms with van der Waals surface area (Å²) in [7, 11) is 1.27. The van der Waals surface area contributed by atoms with Gasteiger partial charge in [0.1, 0.15) is 5.82 Å². The van der Waals surface area contributed by atoms with Crippen LogP contribution in [0.1, 0.15) is 55.5 Å². The average molecular weight is 568 g/mol. The molecule has 10 heteroatoms. The highest BCUT2D eigenvalue weighted by molar-refractivity contribution is 5.99. The maximum absolute atomic E-state index is 14.7. The van der Waals surface area contributed by atoms with E-state index in [2.05, 4.69) is 15.6 Å². The highest BCUT2D eigenvalue weighted by atomic mass is 19.1. The second kappa shape index (κ2) is 12.2. The zero-order valence-electron chi connectivity index (χ0n) is 23.3. The second-order valence-corrected chi connectivity index (χ2v) is 10.4. The topological polar surface area (TPSA) is 124 Å². The first-order valence-corrected chi connectivity index (χ1v) is 13.8. The van der Waals surface area contributed by atoms with Crippen molar-refractivity contribution in [1.82, 2.24) is 9.88 Å². The maximum atomic E-state index is 14.7. The van der Waals surface area contributed by atoms with Gasteiger partial charge in [-0.05, 0) is 66.8 Å². The van der Waals surface area contributed by atoms with E-state index in [4.69, 9.17) is 4.74 Å². The van der Waals surface area contributed by atoms with Crippen molar-refractivity contribution in [3.63, 3.8) is 0 Å². The Morgan fingerprint density at radius 2 is 2.02 bits per heavy atom. The molecule has 0 saturated heterocycles. The van der Waals surface area contributed by atoms with E-state index in [1.54, 1.807) is 35.4 Å². The number of benzene rings is 2. The van der Waals surface area contributed by atoms with Gasteiger partial charge in [0, 0.05) is 41.5 Å². The first-order valence-electron chi connectivity index (χ1n) is 13.8.